The van der Waals surface area contributed by atoms with Crippen LogP contribution in [0.25, 0.3) is 0 Å². The maximum absolute atomic E-state index is 11.0. The third-order valence-corrected chi connectivity index (χ3v) is 4.86. The molecule has 4 nitrogen and oxygen atoms in total. The van der Waals surface area contributed by atoms with E-state index in [-0.39, 0.29) is 22.8 Å². The maximum Gasteiger partial charge on any atom is 0.331 e. The standard InChI is InChI=1S/C15H22O4/c1-8(14(18)19)10-4-5-15(3)7-12(16)13(17)9(2)11(15)6-10/h6,9-10,12-13,16-17H,1,4-5,7H2,2-3H3,(H,18,19). The first-order chi connectivity index (χ1) is 8.76. The van der Waals surface area contributed by atoms with Gasteiger partial charge >= 0.3 is 5.97 Å². The Kier molecular flexibility index (Phi) is 3.58. The summed E-state index contributed by atoms with van der Waals surface area (Å²) in [5, 5.41) is 29.0. The van der Waals surface area contributed by atoms with Crippen LogP contribution >= 0.6 is 0 Å². The summed E-state index contributed by atoms with van der Waals surface area (Å²) in [6.45, 7) is 7.62. The number of aliphatic hydroxyl groups excluding tert-OH is 2. The Hall–Kier alpha value is -1.13. The number of carboxylic acid groups (broad SMARTS) is 1. The van der Waals surface area contributed by atoms with Crippen LogP contribution in [0.4, 0.5) is 0 Å². The minimum atomic E-state index is -0.963. The lowest BCUT2D eigenvalue weighted by atomic mass is 9.59. The molecule has 4 heteroatoms. The zero-order valence-electron chi connectivity index (χ0n) is 11.5. The molecule has 0 aromatic carbocycles. The highest BCUT2D eigenvalue weighted by Crippen LogP contribution is 2.51. The topological polar surface area (TPSA) is 77.8 Å². The molecule has 0 radical (unpaired) electrons. The van der Waals surface area contributed by atoms with E-state index in [9.17, 15) is 15.0 Å². The molecule has 3 N–H and O–H groups in total. The van der Waals surface area contributed by atoms with Gasteiger partial charge in [0.15, 0.2) is 0 Å². The zero-order valence-corrected chi connectivity index (χ0v) is 11.5. The quantitative estimate of drug-likeness (QED) is 0.525. The van der Waals surface area contributed by atoms with Crippen molar-refractivity contribution in [2.24, 2.45) is 17.3 Å². The third kappa shape index (κ3) is 2.35. The lowest BCUT2D eigenvalue weighted by molar-refractivity contribution is -0.133. The Labute approximate surface area is 113 Å². The Balaban J connectivity index is 2.33. The average Bonchev–Trinajstić information content (AvgIpc) is 2.35. The number of hydrogen-bond acceptors (Lipinski definition) is 3. The summed E-state index contributed by atoms with van der Waals surface area (Å²) in [5.41, 5.74) is 1.15. The van der Waals surface area contributed by atoms with Crippen molar-refractivity contribution in [3.05, 3.63) is 23.8 Å². The smallest absolute Gasteiger partial charge is 0.331 e. The van der Waals surface area contributed by atoms with E-state index < -0.39 is 18.2 Å². The zero-order chi connectivity index (χ0) is 14.4. The van der Waals surface area contributed by atoms with E-state index in [0.717, 1.165) is 18.4 Å². The fraction of sp³-hybridized carbons (Fsp3) is 0.667. The van der Waals surface area contributed by atoms with Gasteiger partial charge in [-0.2, -0.15) is 0 Å². The average molecular weight is 266 g/mol. The molecule has 0 amide bonds. The Morgan fingerprint density at radius 1 is 1.47 bits per heavy atom. The lowest BCUT2D eigenvalue weighted by Crippen LogP contribution is -2.47. The molecule has 2 rings (SSSR count). The van der Waals surface area contributed by atoms with E-state index in [1.54, 1.807) is 0 Å². The second-order valence-corrected chi connectivity index (χ2v) is 6.21. The van der Waals surface area contributed by atoms with Crippen molar-refractivity contribution in [2.75, 3.05) is 0 Å². The fourth-order valence-electron chi connectivity index (χ4n) is 3.57. The Morgan fingerprint density at radius 3 is 2.68 bits per heavy atom. The molecule has 1 fully saturated rings. The van der Waals surface area contributed by atoms with Crippen LogP contribution in [0.2, 0.25) is 0 Å². The van der Waals surface area contributed by atoms with Crippen LogP contribution in [0.1, 0.15) is 33.1 Å². The highest BCUT2D eigenvalue weighted by molar-refractivity contribution is 5.86. The Morgan fingerprint density at radius 2 is 2.11 bits per heavy atom. The number of carboxylic acids is 1. The van der Waals surface area contributed by atoms with Crippen molar-refractivity contribution in [2.45, 2.75) is 45.3 Å². The van der Waals surface area contributed by atoms with Crippen molar-refractivity contribution in [1.29, 1.82) is 0 Å². The summed E-state index contributed by atoms with van der Waals surface area (Å²) in [6.07, 6.45) is 2.59. The van der Waals surface area contributed by atoms with Crippen molar-refractivity contribution in [3.8, 4) is 0 Å². The predicted octanol–water partition coefficient (Wildman–Crippen LogP) is 1.73. The molecule has 0 aromatic heterocycles. The molecule has 0 heterocycles. The second-order valence-electron chi connectivity index (χ2n) is 6.21. The van der Waals surface area contributed by atoms with Crippen molar-refractivity contribution >= 4 is 5.97 Å². The van der Waals surface area contributed by atoms with Gasteiger partial charge in [0.2, 0.25) is 0 Å². The molecule has 2 aliphatic rings. The van der Waals surface area contributed by atoms with E-state index in [4.69, 9.17) is 5.11 Å². The predicted molar refractivity (Wildman–Crippen MR) is 71.5 cm³/mol. The highest BCUT2D eigenvalue weighted by Gasteiger charge is 2.46. The van der Waals surface area contributed by atoms with E-state index in [0.29, 0.717) is 6.42 Å². The summed E-state index contributed by atoms with van der Waals surface area (Å²) in [5.74, 6) is -1.27. The van der Waals surface area contributed by atoms with Gasteiger partial charge < -0.3 is 15.3 Å². The molecule has 0 aromatic rings. The van der Waals surface area contributed by atoms with E-state index in [1.165, 1.54) is 0 Å². The number of fused-ring (bicyclic) bond motifs is 1. The van der Waals surface area contributed by atoms with Gasteiger partial charge in [0.25, 0.3) is 0 Å². The van der Waals surface area contributed by atoms with Gasteiger partial charge in [0.1, 0.15) is 0 Å². The summed E-state index contributed by atoms with van der Waals surface area (Å²) < 4.78 is 0. The summed E-state index contributed by atoms with van der Waals surface area (Å²) >= 11 is 0. The van der Waals surface area contributed by atoms with Crippen LogP contribution < -0.4 is 0 Å². The van der Waals surface area contributed by atoms with Crippen LogP contribution in [0.15, 0.2) is 23.8 Å². The monoisotopic (exact) mass is 266 g/mol. The van der Waals surface area contributed by atoms with Crippen LogP contribution in [0, 0.1) is 17.3 Å². The van der Waals surface area contributed by atoms with E-state index >= 15 is 0 Å². The minimum absolute atomic E-state index is 0.132. The molecular weight excluding hydrogens is 244 g/mol. The number of allylic oxidation sites excluding steroid dienone is 1. The number of aliphatic hydroxyl groups is 2. The number of hydrogen-bond donors (Lipinski definition) is 3. The summed E-state index contributed by atoms with van der Waals surface area (Å²) in [4.78, 5) is 11.0. The van der Waals surface area contributed by atoms with Gasteiger partial charge in [-0.05, 0) is 24.7 Å². The molecule has 0 aliphatic heterocycles. The summed E-state index contributed by atoms with van der Waals surface area (Å²) in [7, 11) is 0. The number of aliphatic carboxylic acids is 1. The van der Waals surface area contributed by atoms with Crippen LogP contribution in [-0.4, -0.2) is 33.5 Å². The van der Waals surface area contributed by atoms with Gasteiger partial charge in [-0.3, -0.25) is 0 Å². The number of rotatable bonds is 2. The normalized spacial score (nSPS) is 42.2. The van der Waals surface area contributed by atoms with Gasteiger partial charge in [0, 0.05) is 17.4 Å². The van der Waals surface area contributed by atoms with Gasteiger partial charge in [-0.1, -0.05) is 32.1 Å². The van der Waals surface area contributed by atoms with Gasteiger partial charge in [-0.15, -0.1) is 0 Å². The molecule has 19 heavy (non-hydrogen) atoms. The molecule has 0 spiro atoms. The van der Waals surface area contributed by atoms with Crippen molar-refractivity contribution in [1.82, 2.24) is 0 Å². The first kappa shape index (κ1) is 14.3. The SMILES string of the molecule is C=C(C(=O)O)C1C=C2C(C)C(O)C(O)CC2(C)CC1. The van der Waals surface area contributed by atoms with Gasteiger partial charge in [0.05, 0.1) is 12.2 Å². The first-order valence-electron chi connectivity index (χ1n) is 6.76. The molecule has 1 saturated carbocycles. The van der Waals surface area contributed by atoms with E-state index in [2.05, 4.69) is 13.5 Å². The minimum Gasteiger partial charge on any atom is -0.478 e. The molecule has 0 bridgehead atoms. The highest BCUT2D eigenvalue weighted by atomic mass is 16.4. The molecule has 5 atom stereocenters. The third-order valence-electron chi connectivity index (χ3n) is 4.86. The van der Waals surface area contributed by atoms with E-state index in [1.807, 2.05) is 13.0 Å². The molecule has 5 unspecified atom stereocenters. The molecule has 106 valence electrons. The fourth-order valence-corrected chi connectivity index (χ4v) is 3.57. The van der Waals surface area contributed by atoms with Crippen LogP contribution in [0.5, 0.6) is 0 Å². The van der Waals surface area contributed by atoms with Crippen molar-refractivity contribution in [3.63, 3.8) is 0 Å². The maximum atomic E-state index is 11.0. The largest absolute Gasteiger partial charge is 0.478 e. The lowest BCUT2D eigenvalue weighted by Gasteiger charge is -2.48. The summed E-state index contributed by atoms with van der Waals surface area (Å²) in [6, 6.07) is 0. The second kappa shape index (κ2) is 4.76. The number of carbonyl (C=O) groups is 1. The first-order valence-corrected chi connectivity index (χ1v) is 6.76. The molecular formula is C15H22O4. The van der Waals surface area contributed by atoms with Crippen LogP contribution in [-0.2, 0) is 4.79 Å². The van der Waals surface area contributed by atoms with Crippen molar-refractivity contribution < 1.29 is 20.1 Å². The molecule has 2 aliphatic carbocycles. The molecule has 0 saturated heterocycles. The van der Waals surface area contributed by atoms with Crippen LogP contribution in [0.3, 0.4) is 0 Å². The Bertz CT molecular complexity index is 439. The van der Waals surface area contributed by atoms with Gasteiger partial charge in [-0.25, -0.2) is 4.79 Å².